The van der Waals surface area contributed by atoms with Gasteiger partial charge in [0.2, 0.25) is 15.9 Å². The second-order valence-electron chi connectivity index (χ2n) is 11.1. The molecular weight excluding hydrogens is 563 g/mol. The first-order valence-corrected chi connectivity index (χ1v) is 16.2. The maximum Gasteiger partial charge on any atom is 0.243 e. The molecule has 0 saturated carbocycles. The zero-order valence-corrected chi connectivity index (χ0v) is 24.7. The summed E-state index contributed by atoms with van der Waals surface area (Å²) in [6, 6.07) is 28.8. The lowest BCUT2D eigenvalue weighted by Crippen LogP contribution is -2.47. The first-order chi connectivity index (χ1) is 20.9. The van der Waals surface area contributed by atoms with Gasteiger partial charge in [0.05, 0.1) is 17.8 Å². The fourth-order valence-corrected chi connectivity index (χ4v) is 7.58. The molecule has 2 aliphatic rings. The van der Waals surface area contributed by atoms with Crippen molar-refractivity contribution in [2.75, 3.05) is 41.3 Å². The van der Waals surface area contributed by atoms with E-state index < -0.39 is 10.0 Å². The van der Waals surface area contributed by atoms with Crippen LogP contribution in [-0.2, 0) is 27.7 Å². The minimum absolute atomic E-state index is 0.118. The summed E-state index contributed by atoms with van der Waals surface area (Å²) in [6.45, 7) is 2.12. The lowest BCUT2D eigenvalue weighted by Gasteiger charge is -2.38. The second-order valence-corrected chi connectivity index (χ2v) is 12.8. The van der Waals surface area contributed by atoms with Crippen molar-refractivity contribution in [1.29, 1.82) is 0 Å². The lowest BCUT2D eigenvalue weighted by atomic mass is 9.88. The smallest absolute Gasteiger partial charge is 0.243 e. The number of sulfonamides is 1. The van der Waals surface area contributed by atoms with Crippen LogP contribution in [0.5, 0.6) is 0 Å². The van der Waals surface area contributed by atoms with Crippen LogP contribution in [0.25, 0.3) is 0 Å². The number of anilines is 3. The van der Waals surface area contributed by atoms with Crippen molar-refractivity contribution in [2.24, 2.45) is 0 Å². The van der Waals surface area contributed by atoms with Gasteiger partial charge in [-0.25, -0.2) is 17.5 Å². The number of fused-ring (bicyclic) bond motifs is 1. The first-order valence-electron chi connectivity index (χ1n) is 14.7. The molecule has 1 heterocycles. The number of hydrogen-bond donors (Lipinski definition) is 2. The number of para-hydroxylation sites is 1. The van der Waals surface area contributed by atoms with Crippen molar-refractivity contribution < 1.29 is 17.6 Å². The largest absolute Gasteiger partial charge is 0.367 e. The van der Waals surface area contributed by atoms with Crippen LogP contribution in [0.4, 0.5) is 21.5 Å². The van der Waals surface area contributed by atoms with Gasteiger partial charge in [-0.05, 0) is 66.3 Å². The van der Waals surface area contributed by atoms with Gasteiger partial charge < -0.3 is 15.1 Å². The molecule has 1 aliphatic heterocycles. The van der Waals surface area contributed by atoms with Gasteiger partial charge in [0.15, 0.2) is 0 Å². The van der Waals surface area contributed by atoms with E-state index in [-0.39, 0.29) is 29.1 Å². The molecule has 2 N–H and O–H groups in total. The Hall–Kier alpha value is -4.21. The molecule has 0 aromatic heterocycles. The molecule has 4 aromatic carbocycles. The van der Waals surface area contributed by atoms with Crippen LogP contribution in [0.2, 0.25) is 0 Å². The number of hydrogen-bond acceptors (Lipinski definition) is 5. The molecule has 0 bridgehead atoms. The van der Waals surface area contributed by atoms with Crippen molar-refractivity contribution in [3.8, 4) is 0 Å². The molecule has 1 saturated heterocycles. The van der Waals surface area contributed by atoms with E-state index in [9.17, 15) is 17.6 Å². The summed E-state index contributed by atoms with van der Waals surface area (Å²) in [4.78, 5) is 17.0. The predicted molar refractivity (Wildman–Crippen MR) is 168 cm³/mol. The Labute approximate surface area is 252 Å². The van der Waals surface area contributed by atoms with Crippen LogP contribution >= 0.6 is 0 Å². The summed E-state index contributed by atoms with van der Waals surface area (Å²) < 4.78 is 45.7. The molecule has 1 fully saturated rings. The maximum atomic E-state index is 14.5. The van der Waals surface area contributed by atoms with Gasteiger partial charge in [-0.2, -0.15) is 0 Å². The van der Waals surface area contributed by atoms with E-state index in [1.807, 2.05) is 64.4 Å². The van der Waals surface area contributed by atoms with Gasteiger partial charge in [-0.15, -0.1) is 0 Å². The average Bonchev–Trinajstić information content (AvgIpc) is 3.02. The third kappa shape index (κ3) is 6.58. The van der Waals surface area contributed by atoms with Crippen molar-refractivity contribution in [1.82, 2.24) is 4.72 Å². The summed E-state index contributed by atoms with van der Waals surface area (Å²) >= 11 is 0. The number of piperazine rings is 1. The highest BCUT2D eigenvalue weighted by Gasteiger charge is 2.30. The maximum absolute atomic E-state index is 14.5. The molecule has 0 spiro atoms. The van der Waals surface area contributed by atoms with Crippen molar-refractivity contribution >= 4 is 33.0 Å². The molecular formula is C34H35FN4O3S. The van der Waals surface area contributed by atoms with Gasteiger partial charge in [-0.3, -0.25) is 4.79 Å². The Balaban J connectivity index is 1.28. The number of benzene rings is 4. The summed E-state index contributed by atoms with van der Waals surface area (Å²) in [7, 11) is -3.99. The Morgan fingerprint density at radius 1 is 0.814 bits per heavy atom. The summed E-state index contributed by atoms with van der Waals surface area (Å²) in [5.41, 5.74) is 4.56. The number of halogens is 1. The predicted octanol–water partition coefficient (Wildman–Crippen LogP) is 5.69. The zero-order valence-electron chi connectivity index (χ0n) is 23.9. The quantitative estimate of drug-likeness (QED) is 0.273. The molecule has 1 atom stereocenters. The molecule has 222 valence electrons. The Kier molecular flexibility index (Phi) is 8.44. The molecule has 0 radical (unpaired) electrons. The highest BCUT2D eigenvalue weighted by atomic mass is 32.2. The first kappa shape index (κ1) is 28.9. The van der Waals surface area contributed by atoms with Gasteiger partial charge in [0.1, 0.15) is 10.7 Å². The Morgan fingerprint density at radius 3 is 2.26 bits per heavy atom. The van der Waals surface area contributed by atoms with Crippen molar-refractivity contribution in [2.45, 2.75) is 36.6 Å². The summed E-state index contributed by atoms with van der Waals surface area (Å²) in [5.74, 6) is -0.498. The standard InChI is InChI=1S/C34H35FN4O3S/c35-29-14-6-7-16-31(29)38-19-21-39(22-20-38)32-18-17-27(36-34(40)23-25-9-2-1-3-10-25)24-33(32)43(41,42)37-30-15-8-12-26-11-4-5-13-28(26)30/h1-7,9-11,13-14,16-18,24,30,37H,8,12,15,19-23H2,(H,36,40)/t30-/m1/s1. The normalized spacial score (nSPS) is 16.9. The third-order valence-corrected chi connectivity index (χ3v) is 9.72. The van der Waals surface area contributed by atoms with E-state index in [0.29, 0.717) is 49.7 Å². The molecule has 0 unspecified atom stereocenters. The number of rotatable bonds is 8. The fraction of sp³-hybridized carbons (Fsp3) is 0.265. The van der Waals surface area contributed by atoms with E-state index in [1.165, 1.54) is 6.07 Å². The fourth-order valence-electron chi connectivity index (χ4n) is 6.08. The Morgan fingerprint density at radius 2 is 1.49 bits per heavy atom. The number of nitrogens with zero attached hydrogens (tertiary/aromatic N) is 2. The van der Waals surface area contributed by atoms with Crippen molar-refractivity contribution in [3.05, 3.63) is 120 Å². The van der Waals surface area contributed by atoms with Crippen molar-refractivity contribution in [3.63, 3.8) is 0 Å². The number of aryl methyl sites for hydroxylation is 1. The molecule has 6 rings (SSSR count). The van der Waals surface area contributed by atoms with Crippen LogP contribution in [0.3, 0.4) is 0 Å². The second kappa shape index (κ2) is 12.6. The number of carbonyl (C=O) groups is 1. The molecule has 7 nitrogen and oxygen atoms in total. The number of carbonyl (C=O) groups excluding carboxylic acids is 1. The summed E-state index contributed by atoms with van der Waals surface area (Å²) in [5, 5.41) is 2.89. The highest BCUT2D eigenvalue weighted by Crippen LogP contribution is 2.35. The van der Waals surface area contributed by atoms with E-state index >= 15 is 0 Å². The average molecular weight is 599 g/mol. The molecule has 4 aromatic rings. The van der Waals surface area contributed by atoms with E-state index in [2.05, 4.69) is 16.1 Å². The van der Waals surface area contributed by atoms with Crippen LogP contribution < -0.4 is 19.8 Å². The number of nitrogens with one attached hydrogen (secondary N) is 2. The SMILES string of the molecule is O=C(Cc1ccccc1)Nc1ccc(N2CCN(c3ccccc3F)CC2)c(S(=O)(=O)N[C@@H]2CCCc3ccccc32)c1. The molecule has 9 heteroatoms. The van der Waals surface area contributed by atoms with Gasteiger partial charge in [0.25, 0.3) is 0 Å². The van der Waals surface area contributed by atoms with Crippen LogP contribution in [0, 0.1) is 5.82 Å². The molecule has 1 amide bonds. The van der Waals surface area contributed by atoms with Gasteiger partial charge in [-0.1, -0.05) is 66.7 Å². The molecule has 1 aliphatic carbocycles. The summed E-state index contributed by atoms with van der Waals surface area (Å²) in [6.07, 6.45) is 2.71. The van der Waals surface area contributed by atoms with Crippen LogP contribution in [0.1, 0.15) is 35.6 Å². The Bertz CT molecular complexity index is 1710. The van der Waals surface area contributed by atoms with Crippen LogP contribution in [0.15, 0.2) is 102 Å². The highest BCUT2D eigenvalue weighted by molar-refractivity contribution is 7.89. The van der Waals surface area contributed by atoms with E-state index in [0.717, 1.165) is 29.5 Å². The van der Waals surface area contributed by atoms with E-state index in [1.54, 1.807) is 30.3 Å². The zero-order chi connectivity index (χ0) is 29.8. The van der Waals surface area contributed by atoms with E-state index in [4.69, 9.17) is 0 Å². The monoisotopic (exact) mass is 598 g/mol. The minimum atomic E-state index is -3.99. The molecule has 43 heavy (non-hydrogen) atoms. The number of amides is 1. The van der Waals surface area contributed by atoms with Gasteiger partial charge in [0, 0.05) is 37.9 Å². The topological polar surface area (TPSA) is 81.8 Å². The van der Waals surface area contributed by atoms with Crippen LogP contribution in [-0.4, -0.2) is 40.5 Å². The minimum Gasteiger partial charge on any atom is -0.367 e. The third-order valence-electron chi connectivity index (χ3n) is 8.22. The lowest BCUT2D eigenvalue weighted by molar-refractivity contribution is -0.115. The van der Waals surface area contributed by atoms with Gasteiger partial charge >= 0.3 is 0 Å².